The maximum absolute atomic E-state index is 12.2. The van der Waals surface area contributed by atoms with Gasteiger partial charge in [-0.2, -0.15) is 0 Å². The van der Waals surface area contributed by atoms with Crippen LogP contribution in [0.25, 0.3) is 6.08 Å². The van der Waals surface area contributed by atoms with Crippen molar-refractivity contribution in [1.82, 2.24) is 4.90 Å². The highest BCUT2D eigenvalue weighted by molar-refractivity contribution is 9.10. The first-order valence-corrected chi connectivity index (χ1v) is 10.4. The number of halogens is 1. The van der Waals surface area contributed by atoms with Gasteiger partial charge in [0.2, 0.25) is 0 Å². The van der Waals surface area contributed by atoms with Gasteiger partial charge in [-0.3, -0.25) is 9.69 Å². The van der Waals surface area contributed by atoms with Gasteiger partial charge in [0, 0.05) is 17.1 Å². The number of rotatable bonds is 7. The molecule has 0 N–H and O–H groups in total. The summed E-state index contributed by atoms with van der Waals surface area (Å²) in [6.07, 6.45) is 1.80. The van der Waals surface area contributed by atoms with Crippen molar-refractivity contribution in [3.8, 4) is 17.2 Å². The van der Waals surface area contributed by atoms with Crippen LogP contribution in [-0.4, -0.2) is 42.5 Å². The lowest BCUT2D eigenvalue weighted by atomic mass is 10.2. The van der Waals surface area contributed by atoms with Crippen LogP contribution >= 0.6 is 39.9 Å². The van der Waals surface area contributed by atoms with E-state index in [0.717, 1.165) is 21.5 Å². The molecule has 0 saturated carbocycles. The molecule has 0 aliphatic carbocycles. The van der Waals surface area contributed by atoms with Crippen LogP contribution in [0.5, 0.6) is 17.2 Å². The van der Waals surface area contributed by atoms with Gasteiger partial charge in [0.05, 0.1) is 12.0 Å². The van der Waals surface area contributed by atoms with E-state index in [0.29, 0.717) is 28.2 Å². The molecule has 5 nitrogen and oxygen atoms in total. The van der Waals surface area contributed by atoms with Gasteiger partial charge < -0.3 is 14.2 Å². The Kier molecular flexibility index (Phi) is 6.98. The Labute approximate surface area is 181 Å². The molecule has 1 aliphatic rings. The van der Waals surface area contributed by atoms with Crippen LogP contribution in [0.1, 0.15) is 5.56 Å². The molecule has 8 heteroatoms. The van der Waals surface area contributed by atoms with Crippen molar-refractivity contribution in [3.05, 3.63) is 57.4 Å². The average molecular weight is 480 g/mol. The summed E-state index contributed by atoms with van der Waals surface area (Å²) >= 11 is 9.92. The Hall–Kier alpha value is -2.03. The topological polar surface area (TPSA) is 48.0 Å². The molecule has 146 valence electrons. The number of ether oxygens (including phenoxy) is 3. The Morgan fingerprint density at radius 2 is 1.79 bits per heavy atom. The SMILES string of the molecule is COc1ccc(OCCOc2ccc(Br)cc2C=C2SC(=S)N(C)C2=O)cc1. The highest BCUT2D eigenvalue weighted by atomic mass is 79.9. The van der Waals surface area contributed by atoms with E-state index in [1.807, 2.05) is 42.5 Å². The number of carbonyl (C=O) groups excluding carboxylic acids is 1. The molecule has 0 aromatic heterocycles. The Morgan fingerprint density at radius 1 is 1.11 bits per heavy atom. The second kappa shape index (κ2) is 9.45. The molecule has 0 radical (unpaired) electrons. The van der Waals surface area contributed by atoms with Gasteiger partial charge in [-0.15, -0.1) is 0 Å². The van der Waals surface area contributed by atoms with Crippen LogP contribution in [0, 0.1) is 0 Å². The van der Waals surface area contributed by atoms with E-state index in [2.05, 4.69) is 15.9 Å². The smallest absolute Gasteiger partial charge is 0.265 e. The minimum absolute atomic E-state index is 0.108. The molecule has 28 heavy (non-hydrogen) atoms. The first-order chi connectivity index (χ1) is 13.5. The molecular weight excluding hydrogens is 462 g/mol. The van der Waals surface area contributed by atoms with E-state index in [1.54, 1.807) is 20.2 Å². The molecule has 2 aromatic carbocycles. The predicted molar refractivity (Wildman–Crippen MR) is 119 cm³/mol. The number of thiocarbonyl (C=S) groups is 1. The van der Waals surface area contributed by atoms with Crippen LogP contribution in [0.2, 0.25) is 0 Å². The van der Waals surface area contributed by atoms with E-state index in [1.165, 1.54) is 16.7 Å². The molecule has 1 aliphatic heterocycles. The highest BCUT2D eigenvalue weighted by Crippen LogP contribution is 2.34. The van der Waals surface area contributed by atoms with Crippen LogP contribution in [0.4, 0.5) is 0 Å². The van der Waals surface area contributed by atoms with Crippen molar-refractivity contribution < 1.29 is 19.0 Å². The summed E-state index contributed by atoms with van der Waals surface area (Å²) in [4.78, 5) is 14.3. The van der Waals surface area contributed by atoms with Crippen molar-refractivity contribution in [2.24, 2.45) is 0 Å². The molecule has 0 bridgehead atoms. The normalized spacial score (nSPS) is 15.2. The number of nitrogens with zero attached hydrogens (tertiary/aromatic N) is 1. The summed E-state index contributed by atoms with van der Waals surface area (Å²) in [6.45, 7) is 0.752. The third-order valence-corrected chi connectivity index (χ3v) is 5.89. The zero-order valence-electron chi connectivity index (χ0n) is 15.3. The molecule has 1 heterocycles. The molecular formula is C20H18BrNO4S2. The maximum Gasteiger partial charge on any atom is 0.265 e. The minimum Gasteiger partial charge on any atom is -0.497 e. The summed E-state index contributed by atoms with van der Waals surface area (Å²) < 4.78 is 18.1. The van der Waals surface area contributed by atoms with Crippen molar-refractivity contribution in [1.29, 1.82) is 0 Å². The summed E-state index contributed by atoms with van der Waals surface area (Å²) in [7, 11) is 3.30. The number of hydrogen-bond donors (Lipinski definition) is 0. The molecule has 0 unspecified atom stereocenters. The fraction of sp³-hybridized carbons (Fsp3) is 0.200. The minimum atomic E-state index is -0.108. The largest absolute Gasteiger partial charge is 0.497 e. The maximum atomic E-state index is 12.2. The zero-order chi connectivity index (χ0) is 20.1. The van der Waals surface area contributed by atoms with E-state index in [4.69, 9.17) is 26.4 Å². The number of benzene rings is 2. The summed E-state index contributed by atoms with van der Waals surface area (Å²) in [6, 6.07) is 13.0. The quantitative estimate of drug-likeness (QED) is 0.324. The molecule has 1 saturated heterocycles. The lowest BCUT2D eigenvalue weighted by Gasteiger charge is -2.11. The highest BCUT2D eigenvalue weighted by Gasteiger charge is 2.28. The lowest BCUT2D eigenvalue weighted by Crippen LogP contribution is -2.22. The van der Waals surface area contributed by atoms with E-state index in [-0.39, 0.29) is 5.91 Å². The van der Waals surface area contributed by atoms with Gasteiger partial charge in [0.25, 0.3) is 5.91 Å². The third kappa shape index (κ3) is 5.06. The molecule has 3 rings (SSSR count). The summed E-state index contributed by atoms with van der Waals surface area (Å²) in [5.74, 6) is 2.08. The van der Waals surface area contributed by atoms with Crippen LogP contribution < -0.4 is 14.2 Å². The Bertz CT molecular complexity index is 915. The van der Waals surface area contributed by atoms with E-state index < -0.39 is 0 Å². The molecule has 0 atom stereocenters. The summed E-state index contributed by atoms with van der Waals surface area (Å²) in [5.41, 5.74) is 0.799. The molecule has 0 spiro atoms. The van der Waals surface area contributed by atoms with Crippen molar-refractivity contribution in [2.75, 3.05) is 27.4 Å². The number of methoxy groups -OCH3 is 1. The molecule has 2 aromatic rings. The Morgan fingerprint density at radius 3 is 2.43 bits per heavy atom. The van der Waals surface area contributed by atoms with Crippen LogP contribution in [0.3, 0.4) is 0 Å². The third-order valence-electron chi connectivity index (χ3n) is 3.91. The van der Waals surface area contributed by atoms with E-state index >= 15 is 0 Å². The van der Waals surface area contributed by atoms with Crippen molar-refractivity contribution >= 4 is 56.2 Å². The first-order valence-electron chi connectivity index (χ1n) is 8.38. The van der Waals surface area contributed by atoms with Gasteiger partial charge in [-0.1, -0.05) is 39.9 Å². The van der Waals surface area contributed by atoms with Crippen LogP contribution in [-0.2, 0) is 4.79 Å². The van der Waals surface area contributed by atoms with Crippen LogP contribution in [0.15, 0.2) is 51.8 Å². The number of amides is 1. The van der Waals surface area contributed by atoms with Gasteiger partial charge in [-0.05, 0) is 48.5 Å². The fourth-order valence-electron chi connectivity index (χ4n) is 2.43. The molecule has 1 amide bonds. The molecule has 1 fully saturated rings. The second-order valence-electron chi connectivity index (χ2n) is 5.80. The van der Waals surface area contributed by atoms with Gasteiger partial charge >= 0.3 is 0 Å². The summed E-state index contributed by atoms with van der Waals surface area (Å²) in [5, 5.41) is 0. The fourth-order valence-corrected chi connectivity index (χ4v) is 3.98. The van der Waals surface area contributed by atoms with Crippen molar-refractivity contribution in [3.63, 3.8) is 0 Å². The number of thioether (sulfide) groups is 1. The van der Waals surface area contributed by atoms with Gasteiger partial charge in [0.15, 0.2) is 0 Å². The average Bonchev–Trinajstić information content (AvgIpc) is 2.94. The number of hydrogen-bond acceptors (Lipinski definition) is 6. The van der Waals surface area contributed by atoms with Gasteiger partial charge in [-0.25, -0.2) is 0 Å². The van der Waals surface area contributed by atoms with Crippen molar-refractivity contribution in [2.45, 2.75) is 0 Å². The number of likely N-dealkylation sites (N-methyl/N-ethyl adjacent to an activating group) is 1. The second-order valence-corrected chi connectivity index (χ2v) is 8.39. The monoisotopic (exact) mass is 479 g/mol. The standard InChI is InChI=1S/C20H18BrNO4S2/c1-22-19(23)18(28-20(22)27)12-13-11-14(21)3-8-17(13)26-10-9-25-16-6-4-15(24-2)5-7-16/h3-8,11-12H,9-10H2,1-2H3. The zero-order valence-corrected chi connectivity index (χ0v) is 18.5. The lowest BCUT2D eigenvalue weighted by molar-refractivity contribution is -0.121. The number of carbonyl (C=O) groups is 1. The predicted octanol–water partition coefficient (Wildman–Crippen LogP) is 4.75. The van der Waals surface area contributed by atoms with E-state index in [9.17, 15) is 4.79 Å². The Balaban J connectivity index is 1.64. The first kappa shape index (κ1) is 20.7. The van der Waals surface area contributed by atoms with Gasteiger partial charge in [0.1, 0.15) is 34.8 Å².